The molecule has 0 aliphatic carbocycles. The molecule has 5 heteroatoms. The van der Waals surface area contributed by atoms with Crippen LogP contribution in [-0.4, -0.2) is 30.9 Å². The monoisotopic (exact) mass is 334 g/mol. The van der Waals surface area contributed by atoms with Crippen LogP contribution in [-0.2, 0) is 11.3 Å². The molecule has 2 rings (SSSR count). The summed E-state index contributed by atoms with van der Waals surface area (Å²) >= 11 is 7.45. The molecule has 0 saturated heterocycles. The molecule has 116 valence electrons. The van der Waals surface area contributed by atoms with Crippen LogP contribution in [0.25, 0.3) is 0 Å². The Morgan fingerprint density at radius 3 is 2.59 bits per heavy atom. The van der Waals surface area contributed by atoms with Crippen LogP contribution in [0, 0.1) is 0 Å². The summed E-state index contributed by atoms with van der Waals surface area (Å²) in [6, 6.07) is 13.7. The summed E-state index contributed by atoms with van der Waals surface area (Å²) in [7, 11) is 1.92. The van der Waals surface area contributed by atoms with E-state index in [1.807, 2.05) is 54.4 Å². The largest absolute Gasteiger partial charge is 0.365 e. The second-order valence-corrected chi connectivity index (χ2v) is 6.76. The second kappa shape index (κ2) is 8.01. The Hall–Kier alpha value is -1.78. The number of carbonyl (C=O) groups excluding carboxylic acids is 1. The maximum absolute atomic E-state index is 12.5. The number of thiophene rings is 1. The van der Waals surface area contributed by atoms with Crippen molar-refractivity contribution >= 4 is 34.5 Å². The summed E-state index contributed by atoms with van der Waals surface area (Å²) in [6.07, 6.45) is 1.75. The Kier molecular flexibility index (Phi) is 6.04. The van der Waals surface area contributed by atoms with E-state index < -0.39 is 0 Å². The average Bonchev–Trinajstić information content (AvgIpc) is 2.93. The minimum absolute atomic E-state index is 0.0655. The van der Waals surface area contributed by atoms with E-state index in [4.69, 9.17) is 11.6 Å². The minimum Gasteiger partial charge on any atom is -0.365 e. The van der Waals surface area contributed by atoms with E-state index in [-0.39, 0.29) is 5.91 Å². The Labute approximate surface area is 140 Å². The summed E-state index contributed by atoms with van der Waals surface area (Å²) in [6.45, 7) is 5.15. The van der Waals surface area contributed by atoms with E-state index in [0.29, 0.717) is 19.6 Å². The van der Waals surface area contributed by atoms with E-state index in [0.717, 1.165) is 14.9 Å². The van der Waals surface area contributed by atoms with Gasteiger partial charge in [-0.05, 0) is 24.3 Å². The van der Waals surface area contributed by atoms with Crippen LogP contribution in [0.5, 0.6) is 0 Å². The van der Waals surface area contributed by atoms with Crippen molar-refractivity contribution in [2.75, 3.05) is 25.0 Å². The van der Waals surface area contributed by atoms with Crippen LogP contribution in [0.3, 0.4) is 0 Å². The van der Waals surface area contributed by atoms with E-state index in [1.165, 1.54) is 11.3 Å². The van der Waals surface area contributed by atoms with Crippen molar-refractivity contribution < 1.29 is 4.79 Å². The van der Waals surface area contributed by atoms with Crippen molar-refractivity contribution in [2.24, 2.45) is 0 Å². The fourth-order valence-corrected chi connectivity index (χ4v) is 3.22. The molecule has 0 N–H and O–H groups in total. The predicted octanol–water partition coefficient (Wildman–Crippen LogP) is 4.05. The summed E-state index contributed by atoms with van der Waals surface area (Å²) in [4.78, 5) is 17.3. The van der Waals surface area contributed by atoms with Gasteiger partial charge in [0, 0.05) is 24.2 Å². The van der Waals surface area contributed by atoms with Gasteiger partial charge < -0.3 is 9.80 Å². The second-order valence-electron chi connectivity index (χ2n) is 4.96. The Morgan fingerprint density at radius 2 is 2.00 bits per heavy atom. The molecule has 1 aromatic heterocycles. The lowest BCUT2D eigenvalue weighted by molar-refractivity contribution is -0.129. The normalized spacial score (nSPS) is 10.3. The molecule has 3 nitrogen and oxygen atoms in total. The molecule has 0 saturated carbocycles. The molecule has 0 unspecified atom stereocenters. The number of carbonyl (C=O) groups is 1. The zero-order valence-electron chi connectivity index (χ0n) is 12.5. The summed E-state index contributed by atoms with van der Waals surface area (Å²) in [5, 5.41) is 0. The van der Waals surface area contributed by atoms with Crippen LogP contribution in [0.4, 0.5) is 5.69 Å². The minimum atomic E-state index is 0.0655. The molecule has 0 atom stereocenters. The van der Waals surface area contributed by atoms with Crippen LogP contribution < -0.4 is 4.90 Å². The van der Waals surface area contributed by atoms with Gasteiger partial charge in [-0.25, -0.2) is 0 Å². The molecule has 0 spiro atoms. The van der Waals surface area contributed by atoms with Gasteiger partial charge in [0.05, 0.1) is 17.4 Å². The highest BCUT2D eigenvalue weighted by atomic mass is 35.5. The maximum atomic E-state index is 12.5. The van der Waals surface area contributed by atoms with Crippen LogP contribution in [0.15, 0.2) is 55.1 Å². The van der Waals surface area contributed by atoms with Gasteiger partial charge >= 0.3 is 0 Å². The van der Waals surface area contributed by atoms with Crippen LogP contribution >= 0.6 is 22.9 Å². The summed E-state index contributed by atoms with van der Waals surface area (Å²) in [5.41, 5.74) is 1.02. The number of rotatable bonds is 7. The fourth-order valence-electron chi connectivity index (χ4n) is 2.11. The molecular formula is C17H19ClN2OS. The van der Waals surface area contributed by atoms with E-state index in [2.05, 4.69) is 6.58 Å². The lowest BCUT2D eigenvalue weighted by Crippen LogP contribution is -2.38. The fraction of sp³-hybridized carbons (Fsp3) is 0.235. The molecule has 0 aliphatic rings. The molecule has 2 aromatic rings. The van der Waals surface area contributed by atoms with Crippen LogP contribution in [0.1, 0.15) is 4.88 Å². The smallest absolute Gasteiger partial charge is 0.242 e. The van der Waals surface area contributed by atoms with E-state index in [1.54, 1.807) is 11.0 Å². The summed E-state index contributed by atoms with van der Waals surface area (Å²) in [5.74, 6) is 0.0655. The molecule has 0 aliphatic heterocycles. The van der Waals surface area contributed by atoms with E-state index >= 15 is 0 Å². The van der Waals surface area contributed by atoms with Crippen molar-refractivity contribution in [3.8, 4) is 0 Å². The molecule has 0 bridgehead atoms. The molecule has 0 radical (unpaired) electrons. The number of halogens is 1. The predicted molar refractivity (Wildman–Crippen MR) is 94.7 cm³/mol. The number of para-hydroxylation sites is 1. The lowest BCUT2D eigenvalue weighted by atomic mass is 10.3. The standard InChI is InChI=1S/C17H19ClN2OS/c1-3-11-20(12-15-9-10-16(18)22-15)17(21)13-19(2)14-7-5-4-6-8-14/h3-10H,1,11-13H2,2H3. The topological polar surface area (TPSA) is 23.6 Å². The molecule has 1 aromatic carbocycles. The number of hydrogen-bond acceptors (Lipinski definition) is 3. The summed E-state index contributed by atoms with van der Waals surface area (Å²) < 4.78 is 0.738. The molecular weight excluding hydrogens is 316 g/mol. The van der Waals surface area contributed by atoms with Gasteiger partial charge in [0.15, 0.2) is 0 Å². The third-order valence-corrected chi connectivity index (χ3v) is 4.46. The number of anilines is 1. The van der Waals surface area contributed by atoms with Gasteiger partial charge in [0.25, 0.3) is 0 Å². The highest BCUT2D eigenvalue weighted by molar-refractivity contribution is 7.16. The zero-order valence-corrected chi connectivity index (χ0v) is 14.1. The van der Waals surface area contributed by atoms with Gasteiger partial charge in [-0.15, -0.1) is 17.9 Å². The van der Waals surface area contributed by atoms with Gasteiger partial charge in [-0.3, -0.25) is 4.79 Å². The van der Waals surface area contributed by atoms with E-state index in [9.17, 15) is 4.79 Å². The van der Waals surface area contributed by atoms with Crippen molar-refractivity contribution in [3.63, 3.8) is 0 Å². The average molecular weight is 335 g/mol. The highest BCUT2D eigenvalue weighted by Gasteiger charge is 2.16. The van der Waals surface area contributed by atoms with Gasteiger partial charge in [-0.1, -0.05) is 35.9 Å². The third kappa shape index (κ3) is 4.61. The molecule has 1 amide bonds. The quantitative estimate of drug-likeness (QED) is 0.713. The van der Waals surface area contributed by atoms with Crippen molar-refractivity contribution in [1.82, 2.24) is 4.90 Å². The van der Waals surface area contributed by atoms with Crippen molar-refractivity contribution in [2.45, 2.75) is 6.54 Å². The van der Waals surface area contributed by atoms with Crippen LogP contribution in [0.2, 0.25) is 4.34 Å². The SMILES string of the molecule is C=CCN(Cc1ccc(Cl)s1)C(=O)CN(C)c1ccccc1. The number of amides is 1. The maximum Gasteiger partial charge on any atom is 0.242 e. The number of likely N-dealkylation sites (N-methyl/N-ethyl adjacent to an activating group) is 1. The number of nitrogens with zero attached hydrogens (tertiary/aromatic N) is 2. The van der Waals surface area contributed by atoms with Gasteiger partial charge in [0.1, 0.15) is 0 Å². The number of hydrogen-bond donors (Lipinski definition) is 0. The number of benzene rings is 1. The first kappa shape index (κ1) is 16.6. The van der Waals surface area contributed by atoms with Gasteiger partial charge in [-0.2, -0.15) is 0 Å². The lowest BCUT2D eigenvalue weighted by Gasteiger charge is -2.25. The molecule has 22 heavy (non-hydrogen) atoms. The Morgan fingerprint density at radius 1 is 1.27 bits per heavy atom. The van der Waals surface area contributed by atoms with Gasteiger partial charge in [0.2, 0.25) is 5.91 Å². The molecule has 1 heterocycles. The van der Waals surface area contributed by atoms with Crippen molar-refractivity contribution in [3.05, 3.63) is 64.3 Å². The zero-order chi connectivity index (χ0) is 15.9. The first-order valence-electron chi connectivity index (χ1n) is 6.99. The molecule has 0 fully saturated rings. The first-order valence-corrected chi connectivity index (χ1v) is 8.18. The highest BCUT2D eigenvalue weighted by Crippen LogP contribution is 2.23. The Bertz CT molecular complexity index is 627. The first-order chi connectivity index (χ1) is 10.6. The third-order valence-electron chi connectivity index (χ3n) is 3.25. The van der Waals surface area contributed by atoms with Crippen molar-refractivity contribution in [1.29, 1.82) is 0 Å². The Balaban J connectivity index is 2.01.